The van der Waals surface area contributed by atoms with Gasteiger partial charge in [0.25, 0.3) is 0 Å². The van der Waals surface area contributed by atoms with Crippen LogP contribution in [0.1, 0.15) is 46.1 Å². The fourth-order valence-electron chi connectivity index (χ4n) is 3.13. The van der Waals surface area contributed by atoms with E-state index in [-0.39, 0.29) is 35.8 Å². The summed E-state index contributed by atoms with van der Waals surface area (Å²) in [6.45, 7) is 11.3. The number of hydrogen-bond acceptors (Lipinski definition) is 3. The highest BCUT2D eigenvalue weighted by atomic mass is 127. The fourth-order valence-corrected chi connectivity index (χ4v) is 3.13. The van der Waals surface area contributed by atoms with E-state index >= 15 is 0 Å². The molecule has 0 unspecified atom stereocenters. The molecule has 1 aliphatic rings. The molecule has 3 N–H and O–H groups in total. The second-order valence-electron chi connectivity index (χ2n) is 7.81. The molecule has 0 saturated carbocycles. The molecule has 1 aliphatic heterocycles. The monoisotopic (exact) mass is 501 g/mol. The minimum absolute atomic E-state index is 0. The molecule has 7 heteroatoms. The number of halogens is 1. The van der Waals surface area contributed by atoms with Gasteiger partial charge in [0.2, 0.25) is 5.91 Å². The SMILES string of the molecule is CN=C(NCc1ccc(NC(=O)C(C)C)cc1)NC1CCN(C(C)C)CC1.I. The number of nitrogens with one attached hydrogen (secondary N) is 3. The Kier molecular flexibility index (Phi) is 10.8. The number of carbonyl (C=O) groups excluding carboxylic acids is 1. The first-order valence-corrected chi connectivity index (χ1v) is 10.00. The molecule has 6 nitrogen and oxygen atoms in total. The quantitative estimate of drug-likeness (QED) is 0.318. The van der Waals surface area contributed by atoms with Crippen molar-refractivity contribution in [1.82, 2.24) is 15.5 Å². The summed E-state index contributed by atoms with van der Waals surface area (Å²) in [6.07, 6.45) is 2.28. The third-order valence-corrected chi connectivity index (χ3v) is 5.03. The highest BCUT2D eigenvalue weighted by Crippen LogP contribution is 2.13. The van der Waals surface area contributed by atoms with E-state index in [9.17, 15) is 4.79 Å². The molecule has 0 radical (unpaired) electrons. The van der Waals surface area contributed by atoms with Crippen LogP contribution in [0.2, 0.25) is 0 Å². The molecule has 28 heavy (non-hydrogen) atoms. The zero-order valence-electron chi connectivity index (χ0n) is 17.8. The van der Waals surface area contributed by atoms with E-state index in [4.69, 9.17) is 0 Å². The molecule has 1 amide bonds. The number of guanidine groups is 1. The van der Waals surface area contributed by atoms with E-state index in [2.05, 4.69) is 39.7 Å². The second kappa shape index (κ2) is 12.3. The molecule has 0 spiro atoms. The first-order valence-electron chi connectivity index (χ1n) is 10.00. The first-order chi connectivity index (χ1) is 12.9. The summed E-state index contributed by atoms with van der Waals surface area (Å²) >= 11 is 0. The number of amides is 1. The highest BCUT2D eigenvalue weighted by molar-refractivity contribution is 14.0. The largest absolute Gasteiger partial charge is 0.354 e. The van der Waals surface area contributed by atoms with Gasteiger partial charge in [0.15, 0.2) is 5.96 Å². The maximum Gasteiger partial charge on any atom is 0.226 e. The second-order valence-corrected chi connectivity index (χ2v) is 7.81. The number of nitrogens with zero attached hydrogens (tertiary/aromatic N) is 2. The van der Waals surface area contributed by atoms with Crippen molar-refractivity contribution in [3.8, 4) is 0 Å². The molecule has 1 heterocycles. The Balaban J connectivity index is 0.00000392. The van der Waals surface area contributed by atoms with Crippen LogP contribution >= 0.6 is 24.0 Å². The zero-order chi connectivity index (χ0) is 19.8. The van der Waals surface area contributed by atoms with E-state index in [1.165, 1.54) is 0 Å². The third kappa shape index (κ3) is 7.95. The van der Waals surface area contributed by atoms with Gasteiger partial charge in [-0.15, -0.1) is 24.0 Å². The molecule has 0 aromatic heterocycles. The fraction of sp³-hybridized carbons (Fsp3) is 0.619. The van der Waals surface area contributed by atoms with Gasteiger partial charge in [-0.3, -0.25) is 9.79 Å². The molecule has 0 atom stereocenters. The summed E-state index contributed by atoms with van der Waals surface area (Å²) < 4.78 is 0. The van der Waals surface area contributed by atoms with Gasteiger partial charge in [-0.05, 0) is 44.4 Å². The van der Waals surface area contributed by atoms with Crippen LogP contribution in [0.25, 0.3) is 0 Å². The summed E-state index contributed by atoms with van der Waals surface area (Å²) in [5, 5.41) is 9.83. The van der Waals surface area contributed by atoms with Crippen molar-refractivity contribution in [3.63, 3.8) is 0 Å². The Bertz CT molecular complexity index is 622. The standard InChI is InChI=1S/C21H35N5O.HI/c1-15(2)20(27)24-18-8-6-17(7-9-18)14-23-21(22-5)25-19-10-12-26(13-11-19)16(3)4;/h6-9,15-16,19H,10-14H2,1-5H3,(H,24,27)(H2,22,23,25);1H. The maximum absolute atomic E-state index is 11.7. The van der Waals surface area contributed by atoms with Gasteiger partial charge in [-0.25, -0.2) is 0 Å². The van der Waals surface area contributed by atoms with Crippen LogP contribution in [0.5, 0.6) is 0 Å². The lowest BCUT2D eigenvalue weighted by atomic mass is 10.0. The predicted octanol–water partition coefficient (Wildman–Crippen LogP) is 3.44. The first kappa shape index (κ1) is 24.7. The van der Waals surface area contributed by atoms with Crippen molar-refractivity contribution >= 4 is 41.5 Å². The molecular weight excluding hydrogens is 465 g/mol. The van der Waals surface area contributed by atoms with E-state index in [1.807, 2.05) is 45.2 Å². The van der Waals surface area contributed by atoms with Gasteiger partial charge >= 0.3 is 0 Å². The summed E-state index contributed by atoms with van der Waals surface area (Å²) in [5.41, 5.74) is 1.98. The van der Waals surface area contributed by atoms with Crippen LogP contribution in [0, 0.1) is 5.92 Å². The molecule has 0 bridgehead atoms. The third-order valence-electron chi connectivity index (χ3n) is 5.03. The lowest BCUT2D eigenvalue weighted by molar-refractivity contribution is -0.118. The molecule has 158 valence electrons. The smallest absolute Gasteiger partial charge is 0.226 e. The van der Waals surface area contributed by atoms with Gasteiger partial charge in [0.1, 0.15) is 0 Å². The van der Waals surface area contributed by atoms with Crippen LogP contribution < -0.4 is 16.0 Å². The Labute approximate surface area is 187 Å². The maximum atomic E-state index is 11.7. The van der Waals surface area contributed by atoms with Gasteiger partial charge in [-0.2, -0.15) is 0 Å². The van der Waals surface area contributed by atoms with E-state index in [0.29, 0.717) is 18.6 Å². The Morgan fingerprint density at radius 2 is 1.75 bits per heavy atom. The number of rotatable bonds is 6. The van der Waals surface area contributed by atoms with E-state index in [1.54, 1.807) is 0 Å². The summed E-state index contributed by atoms with van der Waals surface area (Å²) in [4.78, 5) is 18.6. The molecule has 1 fully saturated rings. The predicted molar refractivity (Wildman–Crippen MR) is 128 cm³/mol. The Morgan fingerprint density at radius 1 is 1.14 bits per heavy atom. The van der Waals surface area contributed by atoms with E-state index < -0.39 is 0 Å². The Morgan fingerprint density at radius 3 is 2.25 bits per heavy atom. The van der Waals surface area contributed by atoms with Crippen molar-refractivity contribution in [2.75, 3.05) is 25.5 Å². The number of likely N-dealkylation sites (tertiary alicyclic amines) is 1. The van der Waals surface area contributed by atoms with Gasteiger partial charge in [0, 0.05) is 50.4 Å². The van der Waals surface area contributed by atoms with Crippen molar-refractivity contribution in [1.29, 1.82) is 0 Å². The number of anilines is 1. The van der Waals surface area contributed by atoms with E-state index in [0.717, 1.165) is 43.1 Å². The number of piperidine rings is 1. The minimum Gasteiger partial charge on any atom is -0.354 e. The lowest BCUT2D eigenvalue weighted by Gasteiger charge is -2.35. The van der Waals surface area contributed by atoms with Crippen LogP contribution in [-0.4, -0.2) is 49.0 Å². The number of benzene rings is 1. The summed E-state index contributed by atoms with van der Waals surface area (Å²) in [7, 11) is 1.81. The summed E-state index contributed by atoms with van der Waals surface area (Å²) in [5.74, 6) is 0.859. The minimum atomic E-state index is -0.0202. The van der Waals surface area contributed by atoms with Crippen LogP contribution in [-0.2, 0) is 11.3 Å². The summed E-state index contributed by atoms with van der Waals surface area (Å²) in [6, 6.07) is 9.02. The highest BCUT2D eigenvalue weighted by Gasteiger charge is 2.21. The topological polar surface area (TPSA) is 68.8 Å². The number of hydrogen-bond donors (Lipinski definition) is 3. The molecule has 0 aliphatic carbocycles. The molecular formula is C21H36IN5O. The van der Waals surface area contributed by atoms with Crippen LogP contribution in [0.4, 0.5) is 5.69 Å². The lowest BCUT2D eigenvalue weighted by Crippen LogP contribution is -2.49. The van der Waals surface area contributed by atoms with Gasteiger partial charge in [0.05, 0.1) is 0 Å². The molecule has 1 saturated heterocycles. The van der Waals surface area contributed by atoms with Crippen LogP contribution in [0.15, 0.2) is 29.3 Å². The Hall–Kier alpha value is -1.35. The molecule has 2 rings (SSSR count). The zero-order valence-corrected chi connectivity index (χ0v) is 20.1. The van der Waals surface area contributed by atoms with Crippen molar-refractivity contribution in [2.45, 2.75) is 59.2 Å². The van der Waals surface area contributed by atoms with Crippen molar-refractivity contribution in [3.05, 3.63) is 29.8 Å². The number of carbonyl (C=O) groups is 1. The number of aliphatic imine (C=N–C) groups is 1. The van der Waals surface area contributed by atoms with Crippen molar-refractivity contribution < 1.29 is 4.79 Å². The normalized spacial score (nSPS) is 16.0. The average molecular weight is 501 g/mol. The van der Waals surface area contributed by atoms with Crippen LogP contribution in [0.3, 0.4) is 0 Å². The van der Waals surface area contributed by atoms with Gasteiger partial charge in [-0.1, -0.05) is 26.0 Å². The molecule has 1 aromatic carbocycles. The van der Waals surface area contributed by atoms with Crippen molar-refractivity contribution in [2.24, 2.45) is 10.9 Å². The average Bonchev–Trinajstić information content (AvgIpc) is 2.66. The van der Waals surface area contributed by atoms with Gasteiger partial charge < -0.3 is 20.9 Å². The molecule has 1 aromatic rings.